The number of ether oxygens (including phenoxy) is 2. The Bertz CT molecular complexity index is 527. The van der Waals surface area contributed by atoms with Crippen molar-refractivity contribution in [3.63, 3.8) is 0 Å². The average Bonchev–Trinajstić information content (AvgIpc) is 2.92. The molecule has 0 spiro atoms. The molecule has 1 unspecified atom stereocenters. The summed E-state index contributed by atoms with van der Waals surface area (Å²) < 4.78 is 10.4. The first-order valence-corrected chi connectivity index (χ1v) is 7.82. The molecule has 1 aliphatic heterocycles. The maximum atomic E-state index is 11.7. The predicted octanol–water partition coefficient (Wildman–Crippen LogP) is 1.92. The second-order valence-electron chi connectivity index (χ2n) is 4.94. The van der Waals surface area contributed by atoms with Crippen molar-refractivity contribution in [2.45, 2.75) is 26.4 Å². The number of morpholine rings is 1. The third kappa shape index (κ3) is 3.66. The van der Waals surface area contributed by atoms with Gasteiger partial charge in [-0.05, 0) is 13.0 Å². The smallest absolute Gasteiger partial charge is 0.358 e. The zero-order valence-electron chi connectivity index (χ0n) is 12.5. The van der Waals surface area contributed by atoms with E-state index in [1.54, 1.807) is 0 Å². The second kappa shape index (κ2) is 7.11. The van der Waals surface area contributed by atoms with Gasteiger partial charge >= 0.3 is 5.97 Å². The van der Waals surface area contributed by atoms with Crippen LogP contribution >= 0.6 is 11.3 Å². The van der Waals surface area contributed by atoms with Crippen LogP contribution in [0.25, 0.3) is 0 Å². The minimum absolute atomic E-state index is 0.0983. The van der Waals surface area contributed by atoms with Crippen molar-refractivity contribution >= 4 is 23.1 Å². The predicted molar refractivity (Wildman–Crippen MR) is 78.9 cm³/mol. The highest BCUT2D eigenvalue weighted by Crippen LogP contribution is 2.29. The number of rotatable bonds is 5. The summed E-state index contributed by atoms with van der Waals surface area (Å²) >= 11 is 1.22. The summed E-state index contributed by atoms with van der Waals surface area (Å²) in [6, 6.07) is 0. The monoisotopic (exact) mass is 312 g/mol. The van der Waals surface area contributed by atoms with Crippen LogP contribution in [-0.2, 0) is 9.47 Å². The first-order valence-electron chi connectivity index (χ1n) is 7.00. The molecule has 1 aliphatic rings. The van der Waals surface area contributed by atoms with Gasteiger partial charge in [0.2, 0.25) is 0 Å². The molecule has 21 heavy (non-hydrogen) atoms. The van der Waals surface area contributed by atoms with E-state index < -0.39 is 5.97 Å². The largest absolute Gasteiger partial charge is 0.464 e. The fraction of sp³-hybridized carbons (Fsp3) is 0.643. The van der Waals surface area contributed by atoms with Crippen molar-refractivity contribution in [2.75, 3.05) is 33.4 Å². The lowest BCUT2D eigenvalue weighted by Crippen LogP contribution is -2.38. The molecule has 0 N–H and O–H groups in total. The van der Waals surface area contributed by atoms with Crippen LogP contribution in [0.2, 0.25) is 0 Å². The number of methoxy groups -OCH3 is 1. The molecule has 2 rings (SSSR count). The van der Waals surface area contributed by atoms with Gasteiger partial charge in [-0.2, -0.15) is 0 Å². The van der Waals surface area contributed by atoms with E-state index in [1.807, 2.05) is 0 Å². The van der Waals surface area contributed by atoms with Crippen LogP contribution in [0.5, 0.6) is 0 Å². The fourth-order valence-corrected chi connectivity index (χ4v) is 3.31. The van der Waals surface area contributed by atoms with Crippen molar-refractivity contribution in [1.82, 2.24) is 9.88 Å². The molecule has 0 saturated carbocycles. The molecular formula is C14H20N2O4S. The summed E-state index contributed by atoms with van der Waals surface area (Å²) in [5, 5.41) is 0.668. The van der Waals surface area contributed by atoms with Gasteiger partial charge in [0.1, 0.15) is 16.0 Å². The van der Waals surface area contributed by atoms with E-state index in [1.165, 1.54) is 25.4 Å². The molecule has 0 aromatic carbocycles. The molecule has 116 valence electrons. The van der Waals surface area contributed by atoms with E-state index in [0.717, 1.165) is 26.1 Å². The van der Waals surface area contributed by atoms with Gasteiger partial charge in [-0.25, -0.2) is 9.78 Å². The van der Waals surface area contributed by atoms with Crippen LogP contribution in [0, 0.1) is 0 Å². The Morgan fingerprint density at radius 1 is 1.52 bits per heavy atom. The van der Waals surface area contributed by atoms with Crippen molar-refractivity contribution in [3.8, 4) is 0 Å². The van der Waals surface area contributed by atoms with Gasteiger partial charge in [0.05, 0.1) is 13.7 Å². The lowest BCUT2D eigenvalue weighted by Gasteiger charge is -2.31. The van der Waals surface area contributed by atoms with E-state index in [-0.39, 0.29) is 17.6 Å². The lowest BCUT2D eigenvalue weighted by molar-refractivity contribution is -0.0299. The van der Waals surface area contributed by atoms with Crippen LogP contribution in [-0.4, -0.2) is 55.0 Å². The molecule has 1 aromatic rings. The molecule has 0 bridgehead atoms. The summed E-state index contributed by atoms with van der Waals surface area (Å²) in [5.74, 6) is -0.760. The zero-order chi connectivity index (χ0) is 15.4. The SMILES string of the molecule is CCCN1CCOC(c2nc(C(=O)OC)c(C(C)=O)s2)C1. The zero-order valence-corrected chi connectivity index (χ0v) is 13.4. The highest BCUT2D eigenvalue weighted by atomic mass is 32.1. The molecular weight excluding hydrogens is 292 g/mol. The summed E-state index contributed by atoms with van der Waals surface area (Å²) in [6.45, 7) is 6.84. The molecule has 1 fully saturated rings. The van der Waals surface area contributed by atoms with E-state index in [2.05, 4.69) is 21.5 Å². The second-order valence-corrected chi connectivity index (χ2v) is 5.97. The van der Waals surface area contributed by atoms with Gasteiger partial charge in [-0.15, -0.1) is 11.3 Å². The maximum Gasteiger partial charge on any atom is 0.358 e. The molecule has 1 saturated heterocycles. The third-order valence-corrected chi connectivity index (χ3v) is 4.56. The Morgan fingerprint density at radius 3 is 2.90 bits per heavy atom. The third-order valence-electron chi connectivity index (χ3n) is 3.31. The molecule has 0 aliphatic carbocycles. The van der Waals surface area contributed by atoms with Crippen LogP contribution in [0.1, 0.15) is 51.5 Å². The number of ketones is 1. The first kappa shape index (κ1) is 16.1. The molecule has 7 heteroatoms. The van der Waals surface area contributed by atoms with Gasteiger partial charge in [-0.3, -0.25) is 9.69 Å². The Morgan fingerprint density at radius 2 is 2.29 bits per heavy atom. The van der Waals surface area contributed by atoms with Crippen molar-refractivity contribution in [2.24, 2.45) is 0 Å². The maximum absolute atomic E-state index is 11.7. The summed E-state index contributed by atoms with van der Waals surface area (Å²) in [7, 11) is 1.28. The highest BCUT2D eigenvalue weighted by molar-refractivity contribution is 7.14. The minimum atomic E-state index is -0.580. The van der Waals surface area contributed by atoms with Gasteiger partial charge in [0.15, 0.2) is 11.5 Å². The molecule has 1 atom stereocenters. The van der Waals surface area contributed by atoms with Crippen LogP contribution in [0.4, 0.5) is 0 Å². The van der Waals surface area contributed by atoms with Gasteiger partial charge in [0.25, 0.3) is 0 Å². The number of esters is 1. The number of carbonyl (C=O) groups is 2. The topological polar surface area (TPSA) is 68.7 Å². The Kier molecular flexibility index (Phi) is 5.44. The van der Waals surface area contributed by atoms with E-state index in [9.17, 15) is 9.59 Å². The fourth-order valence-electron chi connectivity index (χ4n) is 2.32. The lowest BCUT2D eigenvalue weighted by atomic mass is 10.2. The van der Waals surface area contributed by atoms with Gasteiger partial charge in [0, 0.05) is 20.0 Å². The summed E-state index contributed by atoms with van der Waals surface area (Å²) in [6.07, 6.45) is 0.892. The highest BCUT2D eigenvalue weighted by Gasteiger charge is 2.29. The minimum Gasteiger partial charge on any atom is -0.464 e. The van der Waals surface area contributed by atoms with E-state index in [0.29, 0.717) is 16.5 Å². The number of Topliss-reactive ketones (excluding diaryl/α,β-unsaturated/α-hetero) is 1. The molecule has 0 radical (unpaired) electrons. The normalized spacial score (nSPS) is 19.5. The van der Waals surface area contributed by atoms with E-state index >= 15 is 0 Å². The number of aromatic nitrogens is 1. The number of carbonyl (C=O) groups excluding carboxylic acids is 2. The van der Waals surface area contributed by atoms with Gasteiger partial charge in [-0.1, -0.05) is 6.92 Å². The van der Waals surface area contributed by atoms with E-state index in [4.69, 9.17) is 4.74 Å². The Labute approximate surface area is 128 Å². The van der Waals surface area contributed by atoms with Crippen LogP contribution < -0.4 is 0 Å². The quantitative estimate of drug-likeness (QED) is 0.611. The van der Waals surface area contributed by atoms with Crippen molar-refractivity contribution in [1.29, 1.82) is 0 Å². The number of nitrogens with zero attached hydrogens (tertiary/aromatic N) is 2. The summed E-state index contributed by atoms with van der Waals surface area (Å²) in [5.41, 5.74) is 0.0983. The summed E-state index contributed by atoms with van der Waals surface area (Å²) in [4.78, 5) is 30.3. The number of hydrogen-bond acceptors (Lipinski definition) is 7. The Balaban J connectivity index is 2.23. The standard InChI is InChI=1S/C14H20N2O4S/c1-4-5-16-6-7-20-10(8-16)13-15-11(14(18)19-3)12(21-13)9(2)17/h10H,4-8H2,1-3H3. The molecule has 1 aromatic heterocycles. The number of thiazole rings is 1. The van der Waals surface area contributed by atoms with Crippen LogP contribution in [0.15, 0.2) is 0 Å². The molecule has 2 heterocycles. The van der Waals surface area contributed by atoms with Crippen molar-refractivity contribution in [3.05, 3.63) is 15.6 Å². The molecule has 0 amide bonds. The Hall–Kier alpha value is -1.31. The number of hydrogen-bond donors (Lipinski definition) is 0. The molecule has 6 nitrogen and oxygen atoms in total. The average molecular weight is 312 g/mol. The van der Waals surface area contributed by atoms with Crippen LogP contribution in [0.3, 0.4) is 0 Å². The van der Waals surface area contributed by atoms with Crippen molar-refractivity contribution < 1.29 is 19.1 Å². The van der Waals surface area contributed by atoms with Gasteiger partial charge < -0.3 is 9.47 Å². The first-order chi connectivity index (χ1) is 10.1.